The van der Waals surface area contributed by atoms with Crippen LogP contribution in [0, 0.1) is 17.1 Å². The maximum Gasteiger partial charge on any atom is 0.234 e. The Bertz CT molecular complexity index is 753. The Morgan fingerprint density at radius 2 is 2.04 bits per heavy atom. The highest BCUT2D eigenvalue weighted by Crippen LogP contribution is 2.18. The number of halogens is 2. The molecule has 152 valence electrons. The van der Waals surface area contributed by atoms with Crippen molar-refractivity contribution >= 4 is 35.8 Å². The average Bonchev–Trinajstić information content (AvgIpc) is 3.48. The van der Waals surface area contributed by atoms with E-state index < -0.39 is 0 Å². The number of nitriles is 1. The van der Waals surface area contributed by atoms with E-state index in [1.807, 2.05) is 6.07 Å². The molecule has 1 aromatic rings. The van der Waals surface area contributed by atoms with Crippen molar-refractivity contribution in [2.75, 3.05) is 39.8 Å². The Hall–Kier alpha value is -1.93. The van der Waals surface area contributed by atoms with Crippen LogP contribution in [0.3, 0.4) is 0 Å². The van der Waals surface area contributed by atoms with E-state index in [-0.39, 0.29) is 42.2 Å². The molecule has 0 bridgehead atoms. The van der Waals surface area contributed by atoms with Crippen LogP contribution in [0.4, 0.5) is 4.39 Å². The fourth-order valence-electron chi connectivity index (χ4n) is 3.11. The first-order valence-electron chi connectivity index (χ1n) is 9.25. The molecule has 1 aliphatic heterocycles. The van der Waals surface area contributed by atoms with Gasteiger partial charge < -0.3 is 15.5 Å². The quantitative estimate of drug-likeness (QED) is 0.362. The highest BCUT2D eigenvalue weighted by atomic mass is 127. The van der Waals surface area contributed by atoms with Crippen molar-refractivity contribution in [1.82, 2.24) is 20.4 Å². The van der Waals surface area contributed by atoms with E-state index in [4.69, 9.17) is 5.26 Å². The van der Waals surface area contributed by atoms with Crippen LogP contribution in [0.5, 0.6) is 0 Å². The number of carbonyl (C=O) groups excluding carboxylic acids is 1. The minimum atomic E-state index is -0.344. The van der Waals surface area contributed by atoms with Gasteiger partial charge in [-0.1, -0.05) is 0 Å². The molecule has 2 N–H and O–H groups in total. The van der Waals surface area contributed by atoms with Crippen molar-refractivity contribution in [2.45, 2.75) is 25.4 Å². The molecule has 28 heavy (non-hydrogen) atoms. The van der Waals surface area contributed by atoms with Gasteiger partial charge in [0.25, 0.3) is 0 Å². The van der Waals surface area contributed by atoms with Crippen LogP contribution in [-0.2, 0) is 11.3 Å². The summed E-state index contributed by atoms with van der Waals surface area (Å²) in [7, 11) is 1.69. The van der Waals surface area contributed by atoms with Crippen molar-refractivity contribution in [1.29, 1.82) is 5.26 Å². The Kier molecular flexibility index (Phi) is 8.44. The highest BCUT2D eigenvalue weighted by Gasteiger charge is 2.25. The smallest absolute Gasteiger partial charge is 0.234 e. The fourth-order valence-corrected chi connectivity index (χ4v) is 3.11. The largest absolute Gasteiger partial charge is 0.352 e. The van der Waals surface area contributed by atoms with Crippen molar-refractivity contribution in [3.63, 3.8) is 0 Å². The number of piperazine rings is 1. The lowest BCUT2D eigenvalue weighted by molar-refractivity contribution is -0.122. The average molecular weight is 500 g/mol. The van der Waals surface area contributed by atoms with Crippen LogP contribution < -0.4 is 10.6 Å². The molecular weight excluding hydrogens is 474 g/mol. The van der Waals surface area contributed by atoms with Crippen LogP contribution in [0.25, 0.3) is 0 Å². The molecule has 0 spiro atoms. The first-order chi connectivity index (χ1) is 13.1. The topological polar surface area (TPSA) is 83.8 Å². The van der Waals surface area contributed by atoms with Gasteiger partial charge >= 0.3 is 0 Å². The van der Waals surface area contributed by atoms with E-state index in [1.165, 1.54) is 12.1 Å². The van der Waals surface area contributed by atoms with E-state index in [1.54, 1.807) is 13.1 Å². The second-order valence-corrected chi connectivity index (χ2v) is 6.92. The zero-order valence-corrected chi connectivity index (χ0v) is 18.3. The number of hydrogen-bond acceptors (Lipinski definition) is 4. The Balaban J connectivity index is 0.00000280. The number of guanidine groups is 1. The predicted molar refractivity (Wildman–Crippen MR) is 116 cm³/mol. The molecule has 9 heteroatoms. The summed E-state index contributed by atoms with van der Waals surface area (Å²) in [5.41, 5.74) is 0.867. The first-order valence-corrected chi connectivity index (χ1v) is 9.25. The lowest BCUT2D eigenvalue weighted by atomic mass is 10.1. The van der Waals surface area contributed by atoms with Gasteiger partial charge in [-0.25, -0.2) is 4.39 Å². The number of nitrogens with one attached hydrogen (secondary N) is 2. The maximum absolute atomic E-state index is 13.9. The van der Waals surface area contributed by atoms with Crippen LogP contribution in [0.2, 0.25) is 0 Å². The van der Waals surface area contributed by atoms with E-state index in [9.17, 15) is 9.18 Å². The SMILES string of the molecule is CN=C(NCc1cc(C#N)ccc1F)N1CCN(CC(=O)NC2CC2)CC1.I. The first kappa shape index (κ1) is 22.4. The number of benzene rings is 1. The number of rotatable bonds is 5. The van der Waals surface area contributed by atoms with Gasteiger partial charge in [0.15, 0.2) is 5.96 Å². The molecule has 0 radical (unpaired) electrons. The van der Waals surface area contributed by atoms with E-state index in [2.05, 4.69) is 25.4 Å². The molecule has 3 rings (SSSR count). The van der Waals surface area contributed by atoms with Crippen LogP contribution >= 0.6 is 24.0 Å². The molecule has 1 saturated carbocycles. The number of amides is 1. The normalized spacial score (nSPS) is 17.5. The number of nitrogens with zero attached hydrogens (tertiary/aromatic N) is 4. The second-order valence-electron chi connectivity index (χ2n) is 6.92. The third-order valence-corrected chi connectivity index (χ3v) is 4.81. The van der Waals surface area contributed by atoms with Gasteiger partial charge in [0.1, 0.15) is 5.82 Å². The third kappa shape index (κ3) is 6.31. The number of hydrogen-bond donors (Lipinski definition) is 2. The Morgan fingerprint density at radius 3 is 2.64 bits per heavy atom. The van der Waals surface area contributed by atoms with Crippen molar-refractivity contribution in [2.24, 2.45) is 4.99 Å². The van der Waals surface area contributed by atoms with Crippen LogP contribution in [0.1, 0.15) is 24.0 Å². The number of carbonyl (C=O) groups is 1. The summed E-state index contributed by atoms with van der Waals surface area (Å²) in [5.74, 6) is 0.448. The van der Waals surface area contributed by atoms with Crippen LogP contribution in [0.15, 0.2) is 23.2 Å². The molecular formula is C19H26FIN6O. The lowest BCUT2D eigenvalue weighted by Crippen LogP contribution is -2.54. The Labute approximate surface area is 182 Å². The molecule has 1 aromatic carbocycles. The molecule has 1 heterocycles. The summed E-state index contributed by atoms with van der Waals surface area (Å²) in [6.07, 6.45) is 2.19. The van der Waals surface area contributed by atoms with Gasteiger partial charge in [0, 0.05) is 51.4 Å². The molecule has 1 saturated heterocycles. The summed E-state index contributed by atoms with van der Waals surface area (Å²) < 4.78 is 13.9. The maximum atomic E-state index is 13.9. The minimum absolute atomic E-state index is 0. The molecule has 0 unspecified atom stereocenters. The Morgan fingerprint density at radius 1 is 1.32 bits per heavy atom. The van der Waals surface area contributed by atoms with Gasteiger partial charge in [-0.05, 0) is 31.0 Å². The van der Waals surface area contributed by atoms with Crippen molar-refractivity contribution < 1.29 is 9.18 Å². The van der Waals surface area contributed by atoms with Gasteiger partial charge in [0.2, 0.25) is 5.91 Å². The van der Waals surface area contributed by atoms with Gasteiger partial charge in [-0.3, -0.25) is 14.7 Å². The lowest BCUT2D eigenvalue weighted by Gasteiger charge is -2.36. The minimum Gasteiger partial charge on any atom is -0.352 e. The fraction of sp³-hybridized carbons (Fsp3) is 0.526. The predicted octanol–water partition coefficient (Wildman–Crippen LogP) is 1.29. The summed E-state index contributed by atoms with van der Waals surface area (Å²) >= 11 is 0. The third-order valence-electron chi connectivity index (χ3n) is 4.81. The summed E-state index contributed by atoms with van der Waals surface area (Å²) in [6.45, 7) is 3.74. The zero-order valence-electron chi connectivity index (χ0n) is 15.9. The summed E-state index contributed by atoms with van der Waals surface area (Å²) in [4.78, 5) is 20.4. The molecule has 0 atom stereocenters. The summed E-state index contributed by atoms with van der Waals surface area (Å²) in [6, 6.07) is 6.73. The van der Waals surface area contributed by atoms with Gasteiger partial charge in [0.05, 0.1) is 18.2 Å². The molecule has 2 fully saturated rings. The molecule has 0 aromatic heterocycles. The standard InChI is InChI=1S/C19H25FN6O.HI/c1-22-19(23-12-15-10-14(11-21)2-5-17(15)20)26-8-6-25(7-9-26)13-18(27)24-16-3-4-16;/h2,5,10,16H,3-4,6-9,12-13H2,1H3,(H,22,23)(H,24,27);1H. The molecule has 1 aliphatic carbocycles. The van der Waals surface area contributed by atoms with Crippen molar-refractivity contribution in [3.05, 3.63) is 35.1 Å². The number of aliphatic imine (C=N–C) groups is 1. The molecule has 7 nitrogen and oxygen atoms in total. The van der Waals surface area contributed by atoms with E-state index in [0.717, 1.165) is 39.0 Å². The zero-order chi connectivity index (χ0) is 19.2. The van der Waals surface area contributed by atoms with Crippen molar-refractivity contribution in [3.8, 4) is 6.07 Å². The summed E-state index contributed by atoms with van der Waals surface area (Å²) in [5, 5.41) is 15.1. The monoisotopic (exact) mass is 500 g/mol. The van der Waals surface area contributed by atoms with E-state index in [0.29, 0.717) is 29.7 Å². The second kappa shape index (κ2) is 10.6. The van der Waals surface area contributed by atoms with Crippen LogP contribution in [-0.4, -0.2) is 67.5 Å². The molecule has 2 aliphatic rings. The van der Waals surface area contributed by atoms with Gasteiger partial charge in [-0.15, -0.1) is 24.0 Å². The van der Waals surface area contributed by atoms with E-state index >= 15 is 0 Å². The van der Waals surface area contributed by atoms with Gasteiger partial charge in [-0.2, -0.15) is 5.26 Å². The highest BCUT2D eigenvalue weighted by molar-refractivity contribution is 14.0. The molecule has 1 amide bonds.